The minimum absolute atomic E-state index is 0.0225. The predicted molar refractivity (Wildman–Crippen MR) is 473 cm³/mol. The fourth-order valence-electron chi connectivity index (χ4n) is 20.9. The lowest BCUT2D eigenvalue weighted by atomic mass is 9.83. The zero-order chi connectivity index (χ0) is 89.1. The number of pyridine rings is 3. The number of rotatable bonds is 20. The molecule has 4 unspecified atom stereocenters. The number of aromatic nitrogens is 3. The van der Waals surface area contributed by atoms with Crippen molar-refractivity contribution in [1.82, 2.24) is 28.7 Å². The molecule has 0 bridgehead atoms. The highest BCUT2D eigenvalue weighted by molar-refractivity contribution is 6.38. The van der Waals surface area contributed by atoms with Crippen LogP contribution in [-0.2, 0) is 55.8 Å². The molecule has 3 aromatic heterocycles. The Morgan fingerprint density at radius 3 is 1.41 bits per heavy atom. The van der Waals surface area contributed by atoms with Gasteiger partial charge in [0.15, 0.2) is 69.2 Å². The first-order valence-corrected chi connectivity index (χ1v) is 45.4. The van der Waals surface area contributed by atoms with E-state index in [4.69, 9.17) is 51.6 Å². The van der Waals surface area contributed by atoms with Crippen LogP contribution in [0, 0.1) is 52.7 Å². The number of carbonyl (C=O) groups excluding carboxylic acids is 3. The van der Waals surface area contributed by atoms with Crippen LogP contribution >= 0.6 is 23.2 Å². The van der Waals surface area contributed by atoms with Crippen molar-refractivity contribution in [2.24, 2.45) is 17.8 Å². The summed E-state index contributed by atoms with van der Waals surface area (Å²) in [6.07, 6.45) is 20.5. The molecule has 9 aromatic rings. The van der Waals surface area contributed by atoms with E-state index in [-0.39, 0.29) is 106 Å². The van der Waals surface area contributed by atoms with E-state index in [1.165, 1.54) is 30.3 Å². The monoisotopic (exact) mass is 1790 g/mol. The van der Waals surface area contributed by atoms with Crippen molar-refractivity contribution in [3.63, 3.8) is 0 Å². The summed E-state index contributed by atoms with van der Waals surface area (Å²) < 4.78 is 127. The Bertz CT molecular complexity index is 5990. The highest BCUT2D eigenvalue weighted by atomic mass is 35.5. The number of ether oxygens (including phenoxy) is 6. The van der Waals surface area contributed by atoms with Crippen molar-refractivity contribution in [3.05, 3.63) is 307 Å². The lowest BCUT2D eigenvalue weighted by Crippen LogP contribution is -2.63. The molecule has 3 fully saturated rings. The van der Waals surface area contributed by atoms with Crippen LogP contribution < -0.4 is 45.9 Å². The maximum absolute atomic E-state index is 15.4. The number of amides is 3. The van der Waals surface area contributed by atoms with E-state index in [1.807, 2.05) is 96.7 Å². The maximum Gasteiger partial charge on any atom is 0.277 e. The van der Waals surface area contributed by atoms with Gasteiger partial charge in [-0.25, -0.2) is 26.3 Å². The van der Waals surface area contributed by atoms with Gasteiger partial charge in [0.1, 0.15) is 36.0 Å². The minimum atomic E-state index is -1.01. The number of alkyl halides is 2. The van der Waals surface area contributed by atoms with E-state index in [2.05, 4.69) is 18.4 Å². The molecule has 0 saturated carbocycles. The number of fused-ring (bicyclic) bond motifs is 18. The van der Waals surface area contributed by atoms with E-state index >= 15 is 8.78 Å². The van der Waals surface area contributed by atoms with Gasteiger partial charge in [-0.05, 0) is 186 Å². The molecule has 4 atom stereocenters. The topological polar surface area (TPSA) is 201 Å². The number of hydrogen-bond donors (Lipinski definition) is 1. The molecule has 1 N–H and O–H groups in total. The number of carbonyl (C=O) groups is 3. The number of nitrogens with zero attached hydrogens (tertiary/aromatic N) is 8. The van der Waals surface area contributed by atoms with Crippen LogP contribution in [0.3, 0.4) is 0 Å². The van der Waals surface area contributed by atoms with Gasteiger partial charge in [0.05, 0.1) is 24.7 Å². The minimum Gasteiger partial charge on any atom is -0.487 e. The first-order valence-electron chi connectivity index (χ1n) is 44.6. The Morgan fingerprint density at radius 1 is 0.430 bits per heavy atom. The molecule has 6 aromatic carbocycles. The van der Waals surface area contributed by atoms with Gasteiger partial charge in [0.2, 0.25) is 16.3 Å². The molecule has 6 aliphatic carbocycles. The summed E-state index contributed by atoms with van der Waals surface area (Å²) in [6, 6.07) is 36.3. The van der Waals surface area contributed by atoms with Gasteiger partial charge in [0, 0.05) is 114 Å². The fraction of sp³-hybridized carbons (Fsp3) is 0.414. The molecule has 0 spiro atoms. The molecule has 3 amide bonds. The summed E-state index contributed by atoms with van der Waals surface area (Å²) in [4.78, 5) is 83.5. The lowest BCUT2D eigenvalue weighted by Gasteiger charge is -2.50. The summed E-state index contributed by atoms with van der Waals surface area (Å²) in [6.45, 7) is 13.7. The molecule has 6 aliphatic heterocycles. The third kappa shape index (κ3) is 15.0. The fourth-order valence-corrected chi connectivity index (χ4v) is 21.9. The third-order valence-electron chi connectivity index (χ3n) is 27.3. The largest absolute Gasteiger partial charge is 0.487 e. The van der Waals surface area contributed by atoms with Gasteiger partial charge in [-0.2, -0.15) is 0 Å². The number of hydrogen-bond acceptors (Lipinski definition) is 15. The van der Waals surface area contributed by atoms with Crippen LogP contribution in [0.4, 0.5) is 26.3 Å². The van der Waals surface area contributed by atoms with Crippen LogP contribution in [0.2, 0.25) is 0 Å². The Morgan fingerprint density at radius 2 is 0.867 bits per heavy atom. The van der Waals surface area contributed by atoms with Crippen LogP contribution in [0.15, 0.2) is 172 Å². The van der Waals surface area contributed by atoms with Gasteiger partial charge in [0.25, 0.3) is 17.7 Å². The second-order valence-electron chi connectivity index (χ2n) is 35.0. The first kappa shape index (κ1) is 87.6. The quantitative estimate of drug-likeness (QED) is 0.0429. The van der Waals surface area contributed by atoms with E-state index in [1.54, 1.807) is 71.6 Å². The Hall–Kier alpha value is -11.1. The highest BCUT2D eigenvalue weighted by Crippen LogP contribution is 2.64. The zero-order valence-electron chi connectivity index (χ0n) is 71.7. The molecular weight excluding hydrogens is 1690 g/mol. The van der Waals surface area contributed by atoms with Crippen LogP contribution in [-0.4, -0.2) is 150 Å². The van der Waals surface area contributed by atoms with Gasteiger partial charge in [-0.3, -0.25) is 52.8 Å². The average molecular weight is 1790 g/mol. The van der Waals surface area contributed by atoms with Crippen molar-refractivity contribution >= 4 is 53.1 Å². The van der Waals surface area contributed by atoms with Crippen LogP contribution in [0.5, 0.6) is 17.2 Å². The molecule has 12 aliphatic rings. The second kappa shape index (κ2) is 36.1. The van der Waals surface area contributed by atoms with Crippen LogP contribution in [0.1, 0.15) is 196 Å². The molecule has 21 rings (SSSR count). The van der Waals surface area contributed by atoms with Gasteiger partial charge >= 0.3 is 0 Å². The van der Waals surface area contributed by atoms with Crippen molar-refractivity contribution in [3.8, 4) is 17.2 Å². The Labute approximate surface area is 747 Å². The SMILES string of the molecule is CCCCOc1c2n(ccc1=O)N(C13C(=Cc4c1ccc(F)c4F)Cc1ccccc13)CN(CC1CCOCC1)C2=O.CCCCOc1c2n(ccc1=O)N(C13C(=Cc4ccccc41)Cc1c3ccc(F)c1F)CN(CC1CCOCC1)C2=O.CCCCOc1c2n(ccc1=O)NCN(CC1CCOCC1)C2=O.Fc1ccc2c(c1F)CC1(Cl)Cc3ccccc3C21Cl. The molecule has 0 radical (unpaired) electrons. The zero-order valence-corrected chi connectivity index (χ0v) is 73.2. The van der Waals surface area contributed by atoms with Crippen molar-refractivity contribution in [1.29, 1.82) is 0 Å². The molecular formula is C99H101Cl2F6N9O12. The molecule has 670 valence electrons. The Balaban J connectivity index is 0.000000121. The van der Waals surface area contributed by atoms with E-state index in [0.29, 0.717) is 125 Å². The van der Waals surface area contributed by atoms with E-state index in [9.17, 15) is 46.3 Å². The summed E-state index contributed by atoms with van der Waals surface area (Å²) in [5.41, 5.74) is 11.1. The van der Waals surface area contributed by atoms with Gasteiger partial charge in [-0.1, -0.05) is 137 Å². The second-order valence-corrected chi connectivity index (χ2v) is 36.3. The number of halogens is 8. The number of benzene rings is 6. The predicted octanol–water partition coefficient (Wildman–Crippen LogP) is 15.9. The molecule has 3 saturated heterocycles. The number of unbranched alkanes of at least 4 members (excludes halogenated alkanes) is 3. The van der Waals surface area contributed by atoms with Gasteiger partial charge in [-0.15, -0.1) is 23.2 Å². The third-order valence-corrected chi connectivity index (χ3v) is 28.7. The normalized spacial score (nSPS) is 22.0. The number of nitrogens with one attached hydrogen (secondary N) is 1. The average Bonchev–Trinajstić information content (AvgIpc) is 1.50. The summed E-state index contributed by atoms with van der Waals surface area (Å²) in [7, 11) is 0. The molecule has 21 nitrogen and oxygen atoms in total. The molecule has 128 heavy (non-hydrogen) atoms. The van der Waals surface area contributed by atoms with Crippen LogP contribution in [0.25, 0.3) is 12.2 Å². The highest BCUT2D eigenvalue weighted by Gasteiger charge is 2.63. The molecule has 9 heterocycles. The van der Waals surface area contributed by atoms with E-state index in [0.717, 1.165) is 141 Å². The van der Waals surface area contributed by atoms with Crippen molar-refractivity contribution in [2.75, 3.05) is 115 Å². The smallest absolute Gasteiger partial charge is 0.277 e. The molecule has 29 heteroatoms. The summed E-state index contributed by atoms with van der Waals surface area (Å²) in [5, 5.41) is 4.08. The maximum atomic E-state index is 15.4. The lowest BCUT2D eigenvalue weighted by molar-refractivity contribution is 0.0397. The van der Waals surface area contributed by atoms with Gasteiger partial charge < -0.3 is 48.5 Å². The standard InChI is InChI=1S/2C33H33F2N3O4.C17H25N3O4.C16H10Cl2F2/c2*1-2-3-14-42-31-28(39)10-13-37-30(31)32(40)36(19-21-11-15-41-16-12-21)20-38(37)33-23(17-22-6-4-5-7-25(22)33)18-24-26(33)8-9-27(34)29(24)35;1-2-3-8-24-16-14(21)4-7-20-15(16)17(22)19(12-18-20)11-13-5-9-23-10-6-13;17-15-7-9-3-1-2-4-11(9)16(15,18)12-5-6-13(19)14(20)10(12)8-15/h4-10,13,18,21H,2-3,11-12,14-17,19-20H2,1H3;4-10,13,17,21H,2-3,11-12,14-16,18-20H2,1H3;4,7,13,18H,2-3,5-6,8-12H2,1H3;1-6H,7-8H2. The van der Waals surface area contributed by atoms with Crippen molar-refractivity contribution in [2.45, 2.75) is 144 Å². The summed E-state index contributed by atoms with van der Waals surface area (Å²) >= 11 is 13.6. The van der Waals surface area contributed by atoms with E-state index < -0.39 is 55.7 Å². The summed E-state index contributed by atoms with van der Waals surface area (Å²) in [5.74, 6) is -4.79. The Kier molecular flexibility index (Phi) is 24.7. The first-order chi connectivity index (χ1) is 62.1. The van der Waals surface area contributed by atoms with Crippen molar-refractivity contribution < 1.29 is 69.1 Å².